The number of nitrogens with zero attached hydrogens (tertiary/aromatic N) is 1. The van der Waals surface area contributed by atoms with Gasteiger partial charge >= 0.3 is 6.09 Å². The van der Waals surface area contributed by atoms with Crippen molar-refractivity contribution in [3.8, 4) is 5.75 Å². The molecule has 0 aromatic heterocycles. The van der Waals surface area contributed by atoms with Crippen molar-refractivity contribution in [2.24, 2.45) is 0 Å². The summed E-state index contributed by atoms with van der Waals surface area (Å²) in [5.41, 5.74) is 1.16. The molecule has 1 rings (SSSR count). The SMILES string of the molecule is COc1ccc(C)cc1N(CCNC(=O)OC(C)(C)C)C(C)=O. The Labute approximate surface area is 137 Å². The van der Waals surface area contributed by atoms with E-state index in [2.05, 4.69) is 5.32 Å². The van der Waals surface area contributed by atoms with Crippen LogP contribution < -0.4 is 15.0 Å². The van der Waals surface area contributed by atoms with E-state index in [0.29, 0.717) is 18.0 Å². The molecule has 0 spiro atoms. The third-order valence-electron chi connectivity index (χ3n) is 3.01. The molecule has 128 valence electrons. The summed E-state index contributed by atoms with van der Waals surface area (Å²) < 4.78 is 10.5. The lowest BCUT2D eigenvalue weighted by Crippen LogP contribution is -2.39. The van der Waals surface area contributed by atoms with Crippen molar-refractivity contribution < 1.29 is 19.1 Å². The van der Waals surface area contributed by atoms with Gasteiger partial charge in [0.15, 0.2) is 0 Å². The number of benzene rings is 1. The van der Waals surface area contributed by atoms with E-state index in [1.807, 2.05) is 25.1 Å². The molecule has 2 amide bonds. The van der Waals surface area contributed by atoms with E-state index in [4.69, 9.17) is 9.47 Å². The van der Waals surface area contributed by atoms with Gasteiger partial charge < -0.3 is 19.7 Å². The Hall–Kier alpha value is -2.24. The number of methoxy groups -OCH3 is 1. The van der Waals surface area contributed by atoms with Crippen molar-refractivity contribution in [2.75, 3.05) is 25.1 Å². The van der Waals surface area contributed by atoms with Crippen molar-refractivity contribution >= 4 is 17.7 Å². The molecule has 0 aliphatic rings. The summed E-state index contributed by atoms with van der Waals surface area (Å²) in [6, 6.07) is 5.62. The van der Waals surface area contributed by atoms with Gasteiger partial charge in [0.25, 0.3) is 0 Å². The quantitative estimate of drug-likeness (QED) is 0.905. The van der Waals surface area contributed by atoms with Crippen LogP contribution in [0.2, 0.25) is 0 Å². The van der Waals surface area contributed by atoms with E-state index in [-0.39, 0.29) is 12.5 Å². The van der Waals surface area contributed by atoms with Gasteiger partial charge in [-0.25, -0.2) is 4.79 Å². The molecule has 0 radical (unpaired) electrons. The summed E-state index contributed by atoms with van der Waals surface area (Å²) in [5, 5.41) is 2.65. The van der Waals surface area contributed by atoms with Gasteiger partial charge in [-0.1, -0.05) is 6.07 Å². The van der Waals surface area contributed by atoms with Crippen molar-refractivity contribution in [2.45, 2.75) is 40.2 Å². The molecule has 1 N–H and O–H groups in total. The third kappa shape index (κ3) is 6.18. The van der Waals surface area contributed by atoms with Gasteiger partial charge in [0, 0.05) is 20.0 Å². The predicted octanol–water partition coefficient (Wildman–Crippen LogP) is 2.88. The second kappa shape index (κ2) is 7.85. The molecule has 0 fully saturated rings. The lowest BCUT2D eigenvalue weighted by atomic mass is 10.2. The minimum atomic E-state index is -0.551. The van der Waals surface area contributed by atoms with Crippen LogP contribution in [0.15, 0.2) is 18.2 Å². The summed E-state index contributed by atoms with van der Waals surface area (Å²) in [4.78, 5) is 25.2. The fourth-order valence-corrected chi connectivity index (χ4v) is 2.04. The van der Waals surface area contributed by atoms with Gasteiger partial charge in [-0.05, 0) is 45.4 Å². The molecule has 0 heterocycles. The number of hydrogen-bond donors (Lipinski definition) is 1. The molecule has 0 atom stereocenters. The molecule has 1 aromatic carbocycles. The highest BCUT2D eigenvalue weighted by Crippen LogP contribution is 2.29. The summed E-state index contributed by atoms with van der Waals surface area (Å²) in [6.07, 6.45) is -0.503. The Bertz CT molecular complexity index is 564. The summed E-state index contributed by atoms with van der Waals surface area (Å²) >= 11 is 0. The molecule has 6 heteroatoms. The van der Waals surface area contributed by atoms with E-state index in [1.165, 1.54) is 6.92 Å². The van der Waals surface area contributed by atoms with Crippen LogP contribution in [0.4, 0.5) is 10.5 Å². The highest BCUT2D eigenvalue weighted by atomic mass is 16.6. The first-order valence-electron chi connectivity index (χ1n) is 7.53. The maximum Gasteiger partial charge on any atom is 0.407 e. The molecular formula is C17H26N2O4. The Morgan fingerprint density at radius 2 is 1.91 bits per heavy atom. The molecule has 0 unspecified atom stereocenters. The average Bonchev–Trinajstić information content (AvgIpc) is 2.41. The van der Waals surface area contributed by atoms with Crippen LogP contribution in [-0.2, 0) is 9.53 Å². The molecule has 23 heavy (non-hydrogen) atoms. The van der Waals surface area contributed by atoms with Crippen LogP contribution in [0, 0.1) is 6.92 Å². The fourth-order valence-electron chi connectivity index (χ4n) is 2.04. The van der Waals surface area contributed by atoms with Crippen LogP contribution in [-0.4, -0.2) is 37.8 Å². The predicted molar refractivity (Wildman–Crippen MR) is 90.0 cm³/mol. The smallest absolute Gasteiger partial charge is 0.407 e. The number of amides is 2. The molecule has 1 aromatic rings. The molecule has 0 saturated carbocycles. The van der Waals surface area contributed by atoms with E-state index >= 15 is 0 Å². The Morgan fingerprint density at radius 3 is 2.43 bits per heavy atom. The van der Waals surface area contributed by atoms with Crippen molar-refractivity contribution in [1.82, 2.24) is 5.32 Å². The Kier molecular flexibility index (Phi) is 6.42. The number of rotatable bonds is 5. The van der Waals surface area contributed by atoms with E-state index in [0.717, 1.165) is 5.56 Å². The minimum Gasteiger partial charge on any atom is -0.495 e. The number of ether oxygens (including phenoxy) is 2. The fraction of sp³-hybridized carbons (Fsp3) is 0.529. The second-order valence-electron chi connectivity index (χ2n) is 6.27. The zero-order valence-electron chi connectivity index (χ0n) is 14.7. The van der Waals surface area contributed by atoms with Gasteiger partial charge in [-0.2, -0.15) is 0 Å². The third-order valence-corrected chi connectivity index (χ3v) is 3.01. The Balaban J connectivity index is 2.76. The molecule has 0 saturated heterocycles. The number of anilines is 1. The van der Waals surface area contributed by atoms with Crippen LogP contribution in [0.25, 0.3) is 0 Å². The number of alkyl carbamates (subject to hydrolysis) is 1. The normalized spacial score (nSPS) is 10.9. The van der Waals surface area contributed by atoms with Gasteiger partial charge in [-0.15, -0.1) is 0 Å². The number of carbonyl (C=O) groups excluding carboxylic acids is 2. The molecule has 0 aliphatic heterocycles. The highest BCUT2D eigenvalue weighted by molar-refractivity contribution is 5.93. The number of carbonyl (C=O) groups is 2. The first kappa shape index (κ1) is 18.8. The molecular weight excluding hydrogens is 296 g/mol. The number of hydrogen-bond acceptors (Lipinski definition) is 4. The number of aryl methyl sites for hydroxylation is 1. The van der Waals surface area contributed by atoms with Crippen molar-refractivity contribution in [3.63, 3.8) is 0 Å². The standard InChI is InChI=1S/C17H26N2O4/c1-12-7-8-15(22-6)14(11-12)19(13(2)20)10-9-18-16(21)23-17(3,4)5/h7-8,11H,9-10H2,1-6H3,(H,18,21). The number of nitrogens with one attached hydrogen (secondary N) is 1. The molecule has 6 nitrogen and oxygen atoms in total. The van der Waals surface area contributed by atoms with Gasteiger partial charge in [0.05, 0.1) is 12.8 Å². The first-order valence-corrected chi connectivity index (χ1v) is 7.53. The topological polar surface area (TPSA) is 67.9 Å². The van der Waals surface area contributed by atoms with Crippen LogP contribution in [0.1, 0.15) is 33.3 Å². The second-order valence-corrected chi connectivity index (χ2v) is 6.27. The van der Waals surface area contributed by atoms with Crippen LogP contribution in [0.3, 0.4) is 0 Å². The maximum absolute atomic E-state index is 12.0. The van der Waals surface area contributed by atoms with E-state index in [9.17, 15) is 9.59 Å². The lowest BCUT2D eigenvalue weighted by molar-refractivity contribution is -0.116. The molecule has 0 aliphatic carbocycles. The van der Waals surface area contributed by atoms with Crippen LogP contribution in [0.5, 0.6) is 5.75 Å². The van der Waals surface area contributed by atoms with E-state index < -0.39 is 11.7 Å². The average molecular weight is 322 g/mol. The van der Waals surface area contributed by atoms with Crippen molar-refractivity contribution in [1.29, 1.82) is 0 Å². The Morgan fingerprint density at radius 1 is 1.26 bits per heavy atom. The van der Waals surface area contributed by atoms with Gasteiger partial charge in [0.1, 0.15) is 11.4 Å². The van der Waals surface area contributed by atoms with E-state index in [1.54, 1.807) is 32.8 Å². The summed E-state index contributed by atoms with van der Waals surface area (Å²) in [5.74, 6) is 0.489. The molecule has 0 bridgehead atoms. The zero-order valence-corrected chi connectivity index (χ0v) is 14.7. The van der Waals surface area contributed by atoms with Crippen molar-refractivity contribution in [3.05, 3.63) is 23.8 Å². The first-order chi connectivity index (χ1) is 10.6. The van der Waals surface area contributed by atoms with Gasteiger partial charge in [-0.3, -0.25) is 4.79 Å². The summed E-state index contributed by atoms with van der Waals surface area (Å²) in [7, 11) is 1.56. The minimum absolute atomic E-state index is 0.125. The maximum atomic E-state index is 12.0. The highest BCUT2D eigenvalue weighted by Gasteiger charge is 2.18. The van der Waals surface area contributed by atoms with Crippen LogP contribution >= 0.6 is 0 Å². The zero-order chi connectivity index (χ0) is 17.6. The monoisotopic (exact) mass is 322 g/mol. The largest absolute Gasteiger partial charge is 0.495 e. The van der Waals surface area contributed by atoms with Gasteiger partial charge in [0.2, 0.25) is 5.91 Å². The lowest BCUT2D eigenvalue weighted by Gasteiger charge is -2.24. The summed E-state index contributed by atoms with van der Waals surface area (Å²) in [6.45, 7) is 9.43.